The minimum Gasteiger partial charge on any atom is -0.338 e. The van der Waals surface area contributed by atoms with Crippen molar-refractivity contribution in [2.75, 3.05) is 13.1 Å². The smallest absolute Gasteiger partial charge is 0.314 e. The number of benzene rings is 2. The number of urea groups is 1. The molecule has 0 fully saturated rings. The Kier molecular flexibility index (Phi) is 6.42. The molecule has 0 atom stereocenters. The summed E-state index contributed by atoms with van der Waals surface area (Å²) < 4.78 is 13.0. The summed E-state index contributed by atoms with van der Waals surface area (Å²) in [6, 6.07) is 16.4. The van der Waals surface area contributed by atoms with Crippen LogP contribution >= 0.6 is 0 Å². The van der Waals surface area contributed by atoms with Crippen LogP contribution in [0.1, 0.15) is 17.5 Å². The lowest BCUT2D eigenvalue weighted by Gasteiger charge is -2.08. The minimum atomic E-state index is -0.247. The highest BCUT2D eigenvalue weighted by atomic mass is 19.1. The van der Waals surface area contributed by atoms with Gasteiger partial charge < -0.3 is 10.6 Å². The summed E-state index contributed by atoms with van der Waals surface area (Å²) in [5.41, 5.74) is 2.15. The molecule has 3 nitrogen and oxygen atoms in total. The average Bonchev–Trinajstić information content (AvgIpc) is 2.53. The Hall–Kier alpha value is -2.36. The van der Waals surface area contributed by atoms with Gasteiger partial charge in [-0.1, -0.05) is 42.5 Å². The van der Waals surface area contributed by atoms with Gasteiger partial charge in [0.25, 0.3) is 0 Å². The Morgan fingerprint density at radius 3 is 2.36 bits per heavy atom. The third-order valence-electron chi connectivity index (χ3n) is 3.36. The van der Waals surface area contributed by atoms with Gasteiger partial charge in [-0.05, 0) is 42.5 Å². The van der Waals surface area contributed by atoms with Crippen LogP contribution in [-0.2, 0) is 12.8 Å². The molecule has 0 saturated carbocycles. The second kappa shape index (κ2) is 8.82. The van der Waals surface area contributed by atoms with Crippen LogP contribution in [-0.4, -0.2) is 19.1 Å². The molecule has 4 heteroatoms. The molecule has 0 aliphatic heterocycles. The van der Waals surface area contributed by atoms with E-state index in [2.05, 4.69) is 22.8 Å². The summed E-state index contributed by atoms with van der Waals surface area (Å²) in [4.78, 5) is 11.6. The van der Waals surface area contributed by atoms with Gasteiger partial charge in [0.05, 0.1) is 0 Å². The number of aryl methyl sites for hydroxylation is 1. The van der Waals surface area contributed by atoms with Crippen LogP contribution in [0, 0.1) is 5.82 Å². The normalized spacial score (nSPS) is 10.2. The predicted molar refractivity (Wildman–Crippen MR) is 86.3 cm³/mol. The number of hydrogen-bond acceptors (Lipinski definition) is 1. The fraction of sp³-hybridized carbons (Fsp3) is 0.278. The standard InChI is InChI=1S/C18H21FN2O/c19-17-10-4-8-16(14-17)11-13-21-18(22)20-12-5-9-15-6-2-1-3-7-15/h1-4,6-8,10,14H,5,9,11-13H2,(H2,20,21,22). The van der Waals surface area contributed by atoms with Crippen molar-refractivity contribution in [2.45, 2.75) is 19.3 Å². The molecule has 2 rings (SSSR count). The van der Waals surface area contributed by atoms with E-state index in [0.717, 1.165) is 18.4 Å². The minimum absolute atomic E-state index is 0.176. The largest absolute Gasteiger partial charge is 0.338 e. The molecule has 0 unspecified atom stereocenters. The van der Waals surface area contributed by atoms with Crippen LogP contribution in [0.2, 0.25) is 0 Å². The van der Waals surface area contributed by atoms with Crippen molar-refractivity contribution < 1.29 is 9.18 Å². The Morgan fingerprint density at radius 1 is 0.864 bits per heavy atom. The summed E-state index contributed by atoms with van der Waals surface area (Å²) in [5.74, 6) is -0.247. The number of halogens is 1. The molecular weight excluding hydrogens is 279 g/mol. The lowest BCUT2D eigenvalue weighted by molar-refractivity contribution is 0.241. The molecule has 0 aliphatic rings. The van der Waals surface area contributed by atoms with Gasteiger partial charge >= 0.3 is 6.03 Å². The van der Waals surface area contributed by atoms with Crippen molar-refractivity contribution in [1.82, 2.24) is 10.6 Å². The number of rotatable bonds is 7. The van der Waals surface area contributed by atoms with Crippen molar-refractivity contribution in [3.8, 4) is 0 Å². The molecule has 0 heterocycles. The fourth-order valence-corrected chi connectivity index (χ4v) is 2.21. The Bertz CT molecular complexity index is 587. The van der Waals surface area contributed by atoms with Gasteiger partial charge in [0.15, 0.2) is 0 Å². The second-order valence-corrected chi connectivity index (χ2v) is 5.15. The van der Waals surface area contributed by atoms with E-state index in [1.54, 1.807) is 6.07 Å². The molecule has 0 spiro atoms. The molecule has 0 aromatic heterocycles. The molecule has 0 bridgehead atoms. The Morgan fingerprint density at radius 2 is 1.59 bits per heavy atom. The highest BCUT2D eigenvalue weighted by Crippen LogP contribution is 2.03. The van der Waals surface area contributed by atoms with Crippen molar-refractivity contribution in [3.05, 3.63) is 71.5 Å². The monoisotopic (exact) mass is 300 g/mol. The molecule has 2 amide bonds. The third kappa shape index (κ3) is 5.95. The summed E-state index contributed by atoms with van der Waals surface area (Å²) in [6.45, 7) is 1.13. The van der Waals surface area contributed by atoms with E-state index in [1.165, 1.54) is 17.7 Å². The maximum absolute atomic E-state index is 13.0. The van der Waals surface area contributed by atoms with E-state index in [9.17, 15) is 9.18 Å². The lowest BCUT2D eigenvalue weighted by Crippen LogP contribution is -2.37. The first-order chi connectivity index (χ1) is 10.7. The highest BCUT2D eigenvalue weighted by molar-refractivity contribution is 5.73. The van der Waals surface area contributed by atoms with Gasteiger partial charge in [-0.3, -0.25) is 0 Å². The van der Waals surface area contributed by atoms with Gasteiger partial charge in [0, 0.05) is 13.1 Å². The van der Waals surface area contributed by atoms with Crippen LogP contribution in [0.4, 0.5) is 9.18 Å². The second-order valence-electron chi connectivity index (χ2n) is 5.15. The van der Waals surface area contributed by atoms with Crippen LogP contribution in [0.15, 0.2) is 54.6 Å². The van der Waals surface area contributed by atoms with Crippen molar-refractivity contribution in [2.24, 2.45) is 0 Å². The maximum Gasteiger partial charge on any atom is 0.314 e. The first-order valence-corrected chi connectivity index (χ1v) is 7.54. The molecule has 22 heavy (non-hydrogen) atoms. The van der Waals surface area contributed by atoms with Gasteiger partial charge in [0.2, 0.25) is 0 Å². The molecule has 116 valence electrons. The first kappa shape index (κ1) is 16.0. The predicted octanol–water partition coefficient (Wildman–Crippen LogP) is 3.30. The van der Waals surface area contributed by atoms with Crippen LogP contribution in [0.5, 0.6) is 0 Å². The van der Waals surface area contributed by atoms with Gasteiger partial charge in [-0.15, -0.1) is 0 Å². The van der Waals surface area contributed by atoms with Crippen molar-refractivity contribution in [1.29, 1.82) is 0 Å². The Balaban J connectivity index is 1.56. The van der Waals surface area contributed by atoms with Gasteiger partial charge in [0.1, 0.15) is 5.82 Å². The highest BCUT2D eigenvalue weighted by Gasteiger charge is 2.00. The van der Waals surface area contributed by atoms with Gasteiger partial charge in [-0.2, -0.15) is 0 Å². The molecule has 0 aliphatic carbocycles. The number of hydrogen-bond donors (Lipinski definition) is 2. The SMILES string of the molecule is O=C(NCCCc1ccccc1)NCCc1cccc(F)c1. The number of amides is 2. The van der Waals surface area contributed by atoms with Crippen LogP contribution in [0.3, 0.4) is 0 Å². The molecule has 2 aromatic rings. The number of carbonyl (C=O) groups excluding carboxylic acids is 1. The summed E-state index contributed by atoms with van der Waals surface area (Å²) in [5, 5.41) is 5.60. The quantitative estimate of drug-likeness (QED) is 0.757. The molecule has 0 saturated heterocycles. The Labute approximate surface area is 130 Å². The lowest BCUT2D eigenvalue weighted by atomic mass is 10.1. The average molecular weight is 300 g/mol. The van der Waals surface area contributed by atoms with E-state index in [0.29, 0.717) is 19.5 Å². The first-order valence-electron chi connectivity index (χ1n) is 7.54. The molecule has 2 aromatic carbocycles. The molecular formula is C18H21FN2O. The zero-order valence-electron chi connectivity index (χ0n) is 12.5. The van der Waals surface area contributed by atoms with E-state index in [4.69, 9.17) is 0 Å². The van der Waals surface area contributed by atoms with Gasteiger partial charge in [-0.25, -0.2) is 9.18 Å². The van der Waals surface area contributed by atoms with Crippen LogP contribution < -0.4 is 10.6 Å². The van der Waals surface area contributed by atoms with Crippen molar-refractivity contribution in [3.63, 3.8) is 0 Å². The summed E-state index contributed by atoms with van der Waals surface area (Å²) >= 11 is 0. The summed E-state index contributed by atoms with van der Waals surface area (Å²) in [6.07, 6.45) is 2.47. The maximum atomic E-state index is 13.0. The third-order valence-corrected chi connectivity index (χ3v) is 3.36. The number of nitrogens with one attached hydrogen (secondary N) is 2. The van der Waals surface area contributed by atoms with E-state index in [-0.39, 0.29) is 11.8 Å². The zero-order valence-corrected chi connectivity index (χ0v) is 12.5. The number of carbonyl (C=O) groups is 1. The summed E-state index contributed by atoms with van der Waals surface area (Å²) in [7, 11) is 0. The van der Waals surface area contributed by atoms with Crippen molar-refractivity contribution >= 4 is 6.03 Å². The zero-order chi connectivity index (χ0) is 15.6. The topological polar surface area (TPSA) is 41.1 Å². The molecule has 0 radical (unpaired) electrons. The van der Waals surface area contributed by atoms with E-state index >= 15 is 0 Å². The van der Waals surface area contributed by atoms with Crippen LogP contribution in [0.25, 0.3) is 0 Å². The van der Waals surface area contributed by atoms with E-state index in [1.807, 2.05) is 24.3 Å². The fourth-order valence-electron chi connectivity index (χ4n) is 2.21. The van der Waals surface area contributed by atoms with E-state index < -0.39 is 0 Å². The molecule has 2 N–H and O–H groups in total.